The summed E-state index contributed by atoms with van der Waals surface area (Å²) in [5.74, 6) is -0.248. The average Bonchev–Trinajstić information content (AvgIpc) is 2.67. The fourth-order valence-electron chi connectivity index (χ4n) is 2.08. The standard InChI is InChI=1S/C14H17BrN4O/c1-4-10-12(16)13(19(3)18-10)14(20)17-11-6-5-9(15)7-8(11)2/h5-7H,4,16H2,1-3H3,(H,17,20). The van der Waals surface area contributed by atoms with Crippen LogP contribution in [0.25, 0.3) is 0 Å². The second-order valence-electron chi connectivity index (χ2n) is 4.60. The van der Waals surface area contributed by atoms with Crippen LogP contribution in [0.4, 0.5) is 11.4 Å². The minimum atomic E-state index is -0.248. The lowest BCUT2D eigenvalue weighted by molar-refractivity contribution is 0.101. The second-order valence-corrected chi connectivity index (χ2v) is 5.52. The molecule has 0 aliphatic rings. The first kappa shape index (κ1) is 14.6. The van der Waals surface area contributed by atoms with Gasteiger partial charge in [0.15, 0.2) is 0 Å². The predicted molar refractivity (Wildman–Crippen MR) is 83.8 cm³/mol. The minimum Gasteiger partial charge on any atom is -0.395 e. The van der Waals surface area contributed by atoms with Gasteiger partial charge >= 0.3 is 0 Å². The molecule has 6 heteroatoms. The molecule has 1 aromatic carbocycles. The number of amides is 1. The highest BCUT2D eigenvalue weighted by Gasteiger charge is 2.19. The van der Waals surface area contributed by atoms with Gasteiger partial charge in [-0.05, 0) is 37.1 Å². The van der Waals surface area contributed by atoms with E-state index in [4.69, 9.17) is 5.73 Å². The van der Waals surface area contributed by atoms with E-state index >= 15 is 0 Å². The Kier molecular flexibility index (Phi) is 4.13. The third-order valence-corrected chi connectivity index (χ3v) is 3.64. The predicted octanol–water partition coefficient (Wildman–Crippen LogP) is 2.89. The summed E-state index contributed by atoms with van der Waals surface area (Å²) < 4.78 is 2.50. The Morgan fingerprint density at radius 2 is 2.20 bits per heavy atom. The van der Waals surface area contributed by atoms with Crippen LogP contribution in [0.3, 0.4) is 0 Å². The molecule has 0 bridgehead atoms. The van der Waals surface area contributed by atoms with Crippen molar-refractivity contribution >= 4 is 33.2 Å². The lowest BCUT2D eigenvalue weighted by Gasteiger charge is -2.09. The molecule has 0 unspecified atom stereocenters. The highest BCUT2D eigenvalue weighted by Crippen LogP contribution is 2.22. The number of nitrogens with one attached hydrogen (secondary N) is 1. The summed E-state index contributed by atoms with van der Waals surface area (Å²) in [5.41, 5.74) is 9.30. The van der Waals surface area contributed by atoms with Crippen LogP contribution < -0.4 is 11.1 Å². The molecule has 1 aromatic heterocycles. The number of nitrogens with zero attached hydrogens (tertiary/aromatic N) is 2. The molecule has 0 aliphatic carbocycles. The van der Waals surface area contributed by atoms with Gasteiger partial charge in [-0.3, -0.25) is 9.48 Å². The zero-order valence-electron chi connectivity index (χ0n) is 11.7. The zero-order valence-corrected chi connectivity index (χ0v) is 13.3. The van der Waals surface area contributed by atoms with E-state index in [-0.39, 0.29) is 5.91 Å². The maximum atomic E-state index is 12.4. The van der Waals surface area contributed by atoms with Crippen molar-refractivity contribution in [2.75, 3.05) is 11.1 Å². The maximum Gasteiger partial charge on any atom is 0.276 e. The van der Waals surface area contributed by atoms with Gasteiger partial charge < -0.3 is 11.1 Å². The van der Waals surface area contributed by atoms with Crippen LogP contribution >= 0.6 is 15.9 Å². The van der Waals surface area contributed by atoms with Gasteiger partial charge in [0, 0.05) is 17.2 Å². The molecule has 0 radical (unpaired) electrons. The van der Waals surface area contributed by atoms with Gasteiger partial charge in [0.25, 0.3) is 5.91 Å². The number of rotatable bonds is 3. The number of hydrogen-bond acceptors (Lipinski definition) is 3. The van der Waals surface area contributed by atoms with Gasteiger partial charge in [0.2, 0.25) is 0 Å². The molecule has 20 heavy (non-hydrogen) atoms. The summed E-state index contributed by atoms with van der Waals surface area (Å²) in [4.78, 5) is 12.4. The van der Waals surface area contributed by atoms with E-state index in [0.29, 0.717) is 17.8 Å². The average molecular weight is 337 g/mol. The van der Waals surface area contributed by atoms with E-state index in [1.807, 2.05) is 32.0 Å². The number of carbonyl (C=O) groups is 1. The highest BCUT2D eigenvalue weighted by molar-refractivity contribution is 9.10. The van der Waals surface area contributed by atoms with Crippen molar-refractivity contribution in [1.82, 2.24) is 9.78 Å². The van der Waals surface area contributed by atoms with Crippen molar-refractivity contribution in [3.8, 4) is 0 Å². The first-order valence-corrected chi connectivity index (χ1v) is 7.12. The molecule has 2 rings (SSSR count). The quantitative estimate of drug-likeness (QED) is 0.905. The van der Waals surface area contributed by atoms with Crippen molar-refractivity contribution < 1.29 is 4.79 Å². The van der Waals surface area contributed by atoms with Crippen LogP contribution in [0.2, 0.25) is 0 Å². The molecule has 0 atom stereocenters. The minimum absolute atomic E-state index is 0.248. The Bertz CT molecular complexity index is 663. The number of benzene rings is 1. The molecule has 5 nitrogen and oxygen atoms in total. The summed E-state index contributed by atoms with van der Waals surface area (Å²) in [5, 5.41) is 7.12. The van der Waals surface area contributed by atoms with Gasteiger partial charge in [-0.2, -0.15) is 5.10 Å². The van der Waals surface area contributed by atoms with E-state index in [1.165, 1.54) is 4.68 Å². The smallest absolute Gasteiger partial charge is 0.276 e. The molecule has 1 amide bonds. The van der Waals surface area contributed by atoms with Crippen LogP contribution in [0.5, 0.6) is 0 Å². The van der Waals surface area contributed by atoms with Crippen LogP contribution in [-0.4, -0.2) is 15.7 Å². The molecular weight excluding hydrogens is 320 g/mol. The lowest BCUT2D eigenvalue weighted by atomic mass is 10.2. The third kappa shape index (κ3) is 2.70. The number of anilines is 2. The van der Waals surface area contributed by atoms with E-state index < -0.39 is 0 Å². The zero-order chi connectivity index (χ0) is 14.9. The molecule has 0 aliphatic heterocycles. The summed E-state index contributed by atoms with van der Waals surface area (Å²) in [6, 6.07) is 5.68. The first-order valence-electron chi connectivity index (χ1n) is 6.32. The van der Waals surface area contributed by atoms with E-state index in [2.05, 4.69) is 26.3 Å². The van der Waals surface area contributed by atoms with Gasteiger partial charge in [-0.1, -0.05) is 22.9 Å². The van der Waals surface area contributed by atoms with Crippen molar-refractivity contribution in [2.45, 2.75) is 20.3 Å². The van der Waals surface area contributed by atoms with Crippen molar-refractivity contribution in [1.29, 1.82) is 0 Å². The number of aromatic nitrogens is 2. The van der Waals surface area contributed by atoms with Gasteiger partial charge in [0.1, 0.15) is 5.69 Å². The molecule has 106 valence electrons. The summed E-state index contributed by atoms with van der Waals surface area (Å²) >= 11 is 3.40. The third-order valence-electron chi connectivity index (χ3n) is 3.15. The molecule has 0 saturated heterocycles. The van der Waals surface area contributed by atoms with Crippen LogP contribution in [0, 0.1) is 6.92 Å². The molecule has 1 heterocycles. The summed E-state index contributed by atoms with van der Waals surface area (Å²) in [6.07, 6.45) is 0.699. The topological polar surface area (TPSA) is 72.9 Å². The molecule has 0 saturated carbocycles. The molecule has 2 aromatic rings. The van der Waals surface area contributed by atoms with E-state index in [1.54, 1.807) is 7.05 Å². The van der Waals surface area contributed by atoms with Crippen molar-refractivity contribution in [3.63, 3.8) is 0 Å². The lowest BCUT2D eigenvalue weighted by Crippen LogP contribution is -2.18. The SMILES string of the molecule is CCc1nn(C)c(C(=O)Nc2ccc(Br)cc2C)c1N. The molecule has 3 N–H and O–H groups in total. The van der Waals surface area contributed by atoms with Gasteiger partial charge in [-0.15, -0.1) is 0 Å². The largest absolute Gasteiger partial charge is 0.395 e. The van der Waals surface area contributed by atoms with Crippen molar-refractivity contribution in [2.24, 2.45) is 7.05 Å². The molecule has 0 fully saturated rings. The van der Waals surface area contributed by atoms with Crippen LogP contribution in [0.15, 0.2) is 22.7 Å². The van der Waals surface area contributed by atoms with E-state index in [9.17, 15) is 4.79 Å². The number of aryl methyl sites for hydroxylation is 3. The normalized spacial score (nSPS) is 10.6. The summed E-state index contributed by atoms with van der Waals surface area (Å²) in [6.45, 7) is 3.89. The maximum absolute atomic E-state index is 12.4. The second kappa shape index (κ2) is 5.66. The molecule has 0 spiro atoms. The Hall–Kier alpha value is -1.82. The van der Waals surface area contributed by atoms with Crippen LogP contribution in [0.1, 0.15) is 28.7 Å². The van der Waals surface area contributed by atoms with Gasteiger partial charge in [-0.25, -0.2) is 0 Å². The Morgan fingerprint density at radius 1 is 1.50 bits per heavy atom. The monoisotopic (exact) mass is 336 g/mol. The summed E-state index contributed by atoms with van der Waals surface area (Å²) in [7, 11) is 1.72. The Labute approximate surface area is 126 Å². The van der Waals surface area contributed by atoms with Crippen LogP contribution in [-0.2, 0) is 13.5 Å². The van der Waals surface area contributed by atoms with Gasteiger partial charge in [0.05, 0.1) is 11.4 Å². The fraction of sp³-hybridized carbons (Fsp3) is 0.286. The van der Waals surface area contributed by atoms with E-state index in [0.717, 1.165) is 21.4 Å². The van der Waals surface area contributed by atoms with Crippen molar-refractivity contribution in [3.05, 3.63) is 39.6 Å². The number of carbonyl (C=O) groups excluding carboxylic acids is 1. The number of halogens is 1. The number of nitrogen functional groups attached to an aromatic ring is 1. The Morgan fingerprint density at radius 3 is 2.75 bits per heavy atom. The molecular formula is C14H17BrN4O. The number of nitrogens with two attached hydrogens (primary N) is 1. The highest BCUT2D eigenvalue weighted by atomic mass is 79.9. The number of hydrogen-bond donors (Lipinski definition) is 2. The fourth-order valence-corrected chi connectivity index (χ4v) is 2.55. The first-order chi connectivity index (χ1) is 9.43. The Balaban J connectivity index is 2.31.